The molecule has 3 rings (SSSR count). The normalized spacial score (nSPS) is 11.8. The maximum Gasteiger partial charge on any atom is 0.240 e. The summed E-state index contributed by atoms with van der Waals surface area (Å²) in [5, 5.41) is 1.71. The van der Waals surface area contributed by atoms with Gasteiger partial charge in [0.2, 0.25) is 10.0 Å². The van der Waals surface area contributed by atoms with Gasteiger partial charge in [-0.25, -0.2) is 13.1 Å². The standard InChI is InChI=1S/C18H19ClN2O3S/c1-12-9-15(24-2)4-6-18(12)25(22,23)21-8-7-13-11-20-17-10-14(19)3-5-16(13)17/h3-6,9-11,20-21H,7-8H2,1-2H3. The van der Waals surface area contributed by atoms with E-state index in [4.69, 9.17) is 16.3 Å². The van der Waals surface area contributed by atoms with Crippen molar-refractivity contribution in [1.29, 1.82) is 0 Å². The van der Waals surface area contributed by atoms with Gasteiger partial charge < -0.3 is 9.72 Å². The van der Waals surface area contributed by atoms with Gasteiger partial charge >= 0.3 is 0 Å². The van der Waals surface area contributed by atoms with Gasteiger partial charge in [-0.05, 0) is 54.8 Å². The van der Waals surface area contributed by atoms with Gasteiger partial charge in [0.15, 0.2) is 0 Å². The summed E-state index contributed by atoms with van der Waals surface area (Å²) < 4.78 is 32.8. The van der Waals surface area contributed by atoms with Crippen molar-refractivity contribution >= 4 is 32.5 Å². The first kappa shape index (κ1) is 17.8. The molecule has 0 aliphatic heterocycles. The Morgan fingerprint density at radius 1 is 1.20 bits per heavy atom. The molecule has 0 amide bonds. The van der Waals surface area contributed by atoms with Crippen LogP contribution in [0.1, 0.15) is 11.1 Å². The summed E-state index contributed by atoms with van der Waals surface area (Å²) in [5.41, 5.74) is 2.63. The second-order valence-electron chi connectivity index (χ2n) is 5.78. The van der Waals surface area contributed by atoms with E-state index in [1.807, 2.05) is 24.4 Å². The Morgan fingerprint density at radius 3 is 2.72 bits per heavy atom. The molecule has 3 aromatic rings. The van der Waals surface area contributed by atoms with Crippen LogP contribution in [0, 0.1) is 6.92 Å². The number of aromatic nitrogens is 1. The quantitative estimate of drug-likeness (QED) is 0.687. The van der Waals surface area contributed by atoms with Gasteiger partial charge in [-0.3, -0.25) is 0 Å². The van der Waals surface area contributed by atoms with Crippen LogP contribution in [-0.2, 0) is 16.4 Å². The van der Waals surface area contributed by atoms with Crippen LogP contribution in [0.15, 0.2) is 47.5 Å². The zero-order valence-electron chi connectivity index (χ0n) is 14.0. The lowest BCUT2D eigenvalue weighted by atomic mass is 10.1. The van der Waals surface area contributed by atoms with Crippen molar-refractivity contribution in [3.63, 3.8) is 0 Å². The third-order valence-corrected chi connectivity index (χ3v) is 5.94. The number of aryl methyl sites for hydroxylation is 1. The summed E-state index contributed by atoms with van der Waals surface area (Å²) in [7, 11) is -2.01. The fraction of sp³-hybridized carbons (Fsp3) is 0.222. The Labute approximate surface area is 152 Å². The van der Waals surface area contributed by atoms with Crippen LogP contribution in [0.3, 0.4) is 0 Å². The van der Waals surface area contributed by atoms with Gasteiger partial charge in [-0.1, -0.05) is 17.7 Å². The number of halogens is 1. The minimum atomic E-state index is -3.57. The number of hydrogen-bond acceptors (Lipinski definition) is 3. The highest BCUT2D eigenvalue weighted by molar-refractivity contribution is 7.89. The fourth-order valence-corrected chi connectivity index (χ4v) is 4.24. The van der Waals surface area contributed by atoms with Crippen molar-refractivity contribution in [1.82, 2.24) is 9.71 Å². The second-order valence-corrected chi connectivity index (χ2v) is 7.95. The number of benzene rings is 2. The number of aromatic amines is 1. The number of sulfonamides is 1. The van der Waals surface area contributed by atoms with Crippen LogP contribution in [0.2, 0.25) is 5.02 Å². The molecular weight excluding hydrogens is 360 g/mol. The first-order chi connectivity index (χ1) is 11.9. The van der Waals surface area contributed by atoms with Gasteiger partial charge in [0, 0.05) is 28.7 Å². The third-order valence-electron chi connectivity index (χ3n) is 4.09. The molecule has 25 heavy (non-hydrogen) atoms. The highest BCUT2D eigenvalue weighted by atomic mass is 35.5. The molecule has 2 aromatic carbocycles. The minimum Gasteiger partial charge on any atom is -0.497 e. The molecule has 0 saturated carbocycles. The SMILES string of the molecule is COc1ccc(S(=O)(=O)NCCc2c[nH]c3cc(Cl)ccc23)c(C)c1. The first-order valence-corrected chi connectivity index (χ1v) is 9.66. The van der Waals surface area contributed by atoms with Crippen LogP contribution in [0.5, 0.6) is 5.75 Å². The van der Waals surface area contributed by atoms with E-state index in [9.17, 15) is 8.42 Å². The Kier molecular flexibility index (Phi) is 5.03. The topological polar surface area (TPSA) is 71.2 Å². The molecule has 0 spiro atoms. The van der Waals surface area contributed by atoms with Crippen LogP contribution in [0.4, 0.5) is 0 Å². The predicted octanol–water partition coefficient (Wildman–Crippen LogP) is 3.66. The number of hydrogen-bond donors (Lipinski definition) is 2. The molecule has 5 nitrogen and oxygen atoms in total. The zero-order valence-corrected chi connectivity index (χ0v) is 15.5. The van der Waals surface area contributed by atoms with Gasteiger partial charge in [-0.15, -0.1) is 0 Å². The summed E-state index contributed by atoms with van der Waals surface area (Å²) in [5.74, 6) is 0.633. The summed E-state index contributed by atoms with van der Waals surface area (Å²) in [4.78, 5) is 3.42. The number of ether oxygens (including phenoxy) is 1. The summed E-state index contributed by atoms with van der Waals surface area (Å²) in [6.45, 7) is 2.06. The average Bonchev–Trinajstić information content (AvgIpc) is 2.96. The monoisotopic (exact) mass is 378 g/mol. The predicted molar refractivity (Wildman–Crippen MR) is 99.9 cm³/mol. The van der Waals surface area contributed by atoms with E-state index >= 15 is 0 Å². The van der Waals surface area contributed by atoms with Gasteiger partial charge in [0.25, 0.3) is 0 Å². The number of H-pyrrole nitrogens is 1. The van der Waals surface area contributed by atoms with Crippen molar-refractivity contribution < 1.29 is 13.2 Å². The molecule has 0 atom stereocenters. The highest BCUT2D eigenvalue weighted by Gasteiger charge is 2.17. The molecule has 0 aliphatic rings. The summed E-state index contributed by atoms with van der Waals surface area (Å²) >= 11 is 5.98. The van der Waals surface area contributed by atoms with Crippen molar-refractivity contribution in [2.24, 2.45) is 0 Å². The first-order valence-electron chi connectivity index (χ1n) is 7.80. The molecular formula is C18H19ClN2O3S. The molecule has 0 bridgehead atoms. The molecule has 7 heteroatoms. The lowest BCUT2D eigenvalue weighted by Crippen LogP contribution is -2.26. The largest absolute Gasteiger partial charge is 0.497 e. The van der Waals surface area contributed by atoms with Gasteiger partial charge in [0.05, 0.1) is 12.0 Å². The highest BCUT2D eigenvalue weighted by Crippen LogP contribution is 2.23. The lowest BCUT2D eigenvalue weighted by molar-refractivity contribution is 0.414. The average molecular weight is 379 g/mol. The maximum atomic E-state index is 12.5. The van der Waals surface area contributed by atoms with Crippen molar-refractivity contribution in [2.45, 2.75) is 18.2 Å². The number of rotatable bonds is 6. The molecule has 1 heterocycles. The minimum absolute atomic E-state index is 0.263. The van der Waals surface area contributed by atoms with Crippen molar-refractivity contribution in [3.8, 4) is 5.75 Å². The van der Waals surface area contributed by atoms with Crippen LogP contribution >= 0.6 is 11.6 Å². The van der Waals surface area contributed by atoms with Crippen LogP contribution < -0.4 is 9.46 Å². The second kappa shape index (κ2) is 7.07. The lowest BCUT2D eigenvalue weighted by Gasteiger charge is -2.10. The molecule has 0 radical (unpaired) electrons. The molecule has 1 aromatic heterocycles. The van der Waals surface area contributed by atoms with Crippen molar-refractivity contribution in [2.75, 3.05) is 13.7 Å². The van der Waals surface area contributed by atoms with Gasteiger partial charge in [-0.2, -0.15) is 0 Å². The van der Waals surface area contributed by atoms with Crippen LogP contribution in [-0.4, -0.2) is 27.1 Å². The summed E-state index contributed by atoms with van der Waals surface area (Å²) in [6, 6.07) is 10.5. The van der Waals surface area contributed by atoms with E-state index < -0.39 is 10.0 Å². The van der Waals surface area contributed by atoms with E-state index in [2.05, 4.69) is 9.71 Å². The molecule has 0 saturated heterocycles. The van der Waals surface area contributed by atoms with E-state index in [1.54, 1.807) is 32.2 Å². The molecule has 132 valence electrons. The summed E-state index contributed by atoms with van der Waals surface area (Å²) in [6.07, 6.45) is 2.46. The molecule has 0 aliphatic carbocycles. The van der Waals surface area contributed by atoms with E-state index in [1.165, 1.54) is 0 Å². The van der Waals surface area contributed by atoms with E-state index in [-0.39, 0.29) is 4.90 Å². The Morgan fingerprint density at radius 2 is 2.00 bits per heavy atom. The Balaban J connectivity index is 1.72. The maximum absolute atomic E-state index is 12.5. The smallest absolute Gasteiger partial charge is 0.240 e. The van der Waals surface area contributed by atoms with Crippen molar-refractivity contribution in [3.05, 3.63) is 58.7 Å². The Hall–Kier alpha value is -2.02. The van der Waals surface area contributed by atoms with E-state index in [0.29, 0.717) is 29.3 Å². The Bertz CT molecular complexity index is 1010. The molecule has 0 unspecified atom stereocenters. The number of methoxy groups -OCH3 is 1. The van der Waals surface area contributed by atoms with Gasteiger partial charge in [0.1, 0.15) is 5.75 Å². The van der Waals surface area contributed by atoms with Crippen LogP contribution in [0.25, 0.3) is 10.9 Å². The number of fused-ring (bicyclic) bond motifs is 1. The fourth-order valence-electron chi connectivity index (χ4n) is 2.81. The molecule has 0 fully saturated rings. The van der Waals surface area contributed by atoms with E-state index in [0.717, 1.165) is 16.5 Å². The molecule has 2 N–H and O–H groups in total. The zero-order chi connectivity index (χ0) is 18.0. The number of nitrogens with one attached hydrogen (secondary N) is 2. The third kappa shape index (κ3) is 3.81.